The van der Waals surface area contributed by atoms with Gasteiger partial charge in [-0.1, -0.05) is 59.8 Å². The SMILES string of the molecule is Cc1ccc(N(CC(=O)N(Cc2c(Cl)cccc2Cl)C(C)C(=O)NC2CCCC2)S(=O)(=O)c2ccc(Cl)cc2)cc1C. The number of hydrogen-bond acceptors (Lipinski definition) is 4. The molecule has 3 aromatic rings. The average molecular weight is 651 g/mol. The first kappa shape index (κ1) is 32.1. The summed E-state index contributed by atoms with van der Waals surface area (Å²) in [6, 6.07) is 15.1. The molecule has 0 aliphatic heterocycles. The van der Waals surface area contributed by atoms with Gasteiger partial charge in [0, 0.05) is 33.2 Å². The van der Waals surface area contributed by atoms with E-state index < -0.39 is 28.5 Å². The molecule has 0 radical (unpaired) electrons. The van der Waals surface area contributed by atoms with Gasteiger partial charge in [-0.05, 0) is 93.3 Å². The van der Waals surface area contributed by atoms with Crippen LogP contribution in [0.1, 0.15) is 49.3 Å². The molecule has 0 spiro atoms. The zero-order chi connectivity index (χ0) is 30.6. The van der Waals surface area contributed by atoms with E-state index >= 15 is 0 Å². The topological polar surface area (TPSA) is 86.8 Å². The van der Waals surface area contributed by atoms with Crippen molar-refractivity contribution in [1.29, 1.82) is 0 Å². The first-order chi connectivity index (χ1) is 19.9. The highest BCUT2D eigenvalue weighted by Gasteiger charge is 2.34. The highest BCUT2D eigenvalue weighted by molar-refractivity contribution is 7.92. The molecule has 4 rings (SSSR count). The fourth-order valence-electron chi connectivity index (χ4n) is 4.97. The fraction of sp³-hybridized carbons (Fsp3) is 0.355. The number of nitrogens with one attached hydrogen (secondary N) is 1. The Morgan fingerprint density at radius 1 is 0.929 bits per heavy atom. The molecule has 0 bridgehead atoms. The van der Waals surface area contributed by atoms with Gasteiger partial charge >= 0.3 is 0 Å². The Balaban J connectivity index is 1.73. The van der Waals surface area contributed by atoms with Crippen LogP contribution < -0.4 is 9.62 Å². The van der Waals surface area contributed by atoms with Gasteiger partial charge in [-0.2, -0.15) is 0 Å². The molecular weight excluding hydrogens is 617 g/mol. The van der Waals surface area contributed by atoms with E-state index in [0.717, 1.165) is 41.1 Å². The molecule has 0 saturated heterocycles. The van der Waals surface area contributed by atoms with Gasteiger partial charge in [0.2, 0.25) is 11.8 Å². The van der Waals surface area contributed by atoms with Crippen LogP contribution >= 0.6 is 34.8 Å². The summed E-state index contributed by atoms with van der Waals surface area (Å²) in [6.07, 6.45) is 3.82. The molecule has 1 unspecified atom stereocenters. The molecule has 1 atom stereocenters. The Bertz CT molecular complexity index is 1540. The van der Waals surface area contributed by atoms with E-state index in [0.29, 0.717) is 26.3 Å². The maximum absolute atomic E-state index is 14.2. The Morgan fingerprint density at radius 3 is 2.14 bits per heavy atom. The highest BCUT2D eigenvalue weighted by Crippen LogP contribution is 2.29. The molecule has 0 heterocycles. The molecule has 1 N–H and O–H groups in total. The maximum atomic E-state index is 14.2. The molecule has 1 aliphatic carbocycles. The zero-order valence-electron chi connectivity index (χ0n) is 23.7. The van der Waals surface area contributed by atoms with Crippen molar-refractivity contribution in [2.45, 2.75) is 70.0 Å². The van der Waals surface area contributed by atoms with Crippen LogP contribution in [0.4, 0.5) is 5.69 Å². The number of amides is 2. The zero-order valence-corrected chi connectivity index (χ0v) is 26.8. The van der Waals surface area contributed by atoms with Crippen LogP contribution in [0.5, 0.6) is 0 Å². The van der Waals surface area contributed by atoms with Gasteiger partial charge in [-0.15, -0.1) is 0 Å². The molecule has 2 amide bonds. The second-order valence-corrected chi connectivity index (χ2v) is 13.7. The van der Waals surface area contributed by atoms with Gasteiger partial charge in [-0.3, -0.25) is 13.9 Å². The van der Waals surface area contributed by atoms with Crippen LogP contribution in [0.3, 0.4) is 0 Å². The van der Waals surface area contributed by atoms with Crippen molar-refractivity contribution >= 4 is 62.3 Å². The lowest BCUT2D eigenvalue weighted by atomic mass is 10.1. The largest absolute Gasteiger partial charge is 0.352 e. The Kier molecular flexibility index (Phi) is 10.5. The number of sulfonamides is 1. The van der Waals surface area contributed by atoms with Gasteiger partial charge < -0.3 is 10.2 Å². The van der Waals surface area contributed by atoms with Gasteiger partial charge in [0.05, 0.1) is 10.6 Å². The van der Waals surface area contributed by atoms with Crippen molar-refractivity contribution in [1.82, 2.24) is 10.2 Å². The molecule has 0 aromatic heterocycles. The second-order valence-electron chi connectivity index (χ2n) is 10.6. The van der Waals surface area contributed by atoms with Crippen molar-refractivity contribution in [2.24, 2.45) is 0 Å². The van der Waals surface area contributed by atoms with Crippen molar-refractivity contribution < 1.29 is 18.0 Å². The summed E-state index contributed by atoms with van der Waals surface area (Å²) < 4.78 is 29.0. The summed E-state index contributed by atoms with van der Waals surface area (Å²) in [4.78, 5) is 28.8. The minimum atomic E-state index is -4.21. The second kappa shape index (κ2) is 13.7. The number of carbonyl (C=O) groups is 2. The van der Waals surface area contributed by atoms with Crippen LogP contribution in [0.15, 0.2) is 65.6 Å². The van der Waals surface area contributed by atoms with Gasteiger partial charge in [0.1, 0.15) is 12.6 Å². The number of anilines is 1. The van der Waals surface area contributed by atoms with E-state index in [1.807, 2.05) is 13.8 Å². The molecule has 1 fully saturated rings. The van der Waals surface area contributed by atoms with Crippen molar-refractivity contribution in [3.05, 3.63) is 92.4 Å². The number of hydrogen-bond donors (Lipinski definition) is 1. The predicted molar refractivity (Wildman–Crippen MR) is 169 cm³/mol. The number of halogens is 3. The average Bonchev–Trinajstić information content (AvgIpc) is 3.46. The van der Waals surface area contributed by atoms with Gasteiger partial charge in [0.15, 0.2) is 0 Å². The van der Waals surface area contributed by atoms with Crippen molar-refractivity contribution in [3.8, 4) is 0 Å². The summed E-state index contributed by atoms with van der Waals surface area (Å²) in [5.41, 5.74) is 2.62. The van der Waals surface area contributed by atoms with E-state index in [-0.39, 0.29) is 23.4 Å². The standard InChI is InChI=1S/C31H34Cl3N3O4S/c1-20-11-14-25(17-21(20)2)37(42(40,41)26-15-12-23(32)13-16-26)19-30(38)36(18-27-28(33)9-6-10-29(27)34)22(3)31(39)35-24-7-4-5-8-24/h6,9-17,22,24H,4-5,7-8,18-19H2,1-3H3,(H,35,39). The predicted octanol–water partition coefficient (Wildman–Crippen LogP) is 6.94. The molecule has 1 aliphatic rings. The number of benzene rings is 3. The quantitative estimate of drug-likeness (QED) is 0.258. The van der Waals surface area contributed by atoms with Crippen LogP contribution in [0.25, 0.3) is 0 Å². The van der Waals surface area contributed by atoms with Crippen LogP contribution in [0, 0.1) is 13.8 Å². The number of rotatable bonds is 10. The lowest BCUT2D eigenvalue weighted by Gasteiger charge is -2.33. The molecule has 224 valence electrons. The van der Waals surface area contributed by atoms with Crippen LogP contribution in [-0.2, 0) is 26.2 Å². The summed E-state index contributed by atoms with van der Waals surface area (Å²) in [5.74, 6) is -0.910. The monoisotopic (exact) mass is 649 g/mol. The van der Waals surface area contributed by atoms with E-state index in [2.05, 4.69) is 5.32 Å². The minimum Gasteiger partial charge on any atom is -0.352 e. The molecule has 7 nitrogen and oxygen atoms in total. The normalized spacial score (nSPS) is 14.4. The first-order valence-electron chi connectivity index (χ1n) is 13.8. The number of aryl methyl sites for hydroxylation is 2. The van der Waals surface area contributed by atoms with Crippen LogP contribution in [-0.4, -0.2) is 43.8 Å². The summed E-state index contributed by atoms with van der Waals surface area (Å²) in [6.45, 7) is 4.77. The molecule has 11 heteroatoms. The lowest BCUT2D eigenvalue weighted by Crippen LogP contribution is -2.52. The Morgan fingerprint density at radius 2 is 1.55 bits per heavy atom. The summed E-state index contributed by atoms with van der Waals surface area (Å²) in [5, 5.41) is 4.10. The summed E-state index contributed by atoms with van der Waals surface area (Å²) >= 11 is 18.9. The Hall–Kier alpha value is -2.78. The Labute approximate surface area is 262 Å². The van der Waals surface area contributed by atoms with Gasteiger partial charge in [0.25, 0.3) is 10.0 Å². The van der Waals surface area contributed by atoms with E-state index in [4.69, 9.17) is 34.8 Å². The van der Waals surface area contributed by atoms with Gasteiger partial charge in [-0.25, -0.2) is 8.42 Å². The maximum Gasteiger partial charge on any atom is 0.264 e. The molecular formula is C31H34Cl3N3O4S. The first-order valence-corrected chi connectivity index (χ1v) is 16.3. The number of nitrogens with zero attached hydrogens (tertiary/aromatic N) is 2. The molecule has 42 heavy (non-hydrogen) atoms. The third-order valence-corrected chi connectivity index (χ3v) is 10.5. The molecule has 1 saturated carbocycles. The summed E-state index contributed by atoms with van der Waals surface area (Å²) in [7, 11) is -4.21. The smallest absolute Gasteiger partial charge is 0.264 e. The number of carbonyl (C=O) groups excluding carboxylic acids is 2. The lowest BCUT2D eigenvalue weighted by molar-refractivity contribution is -0.139. The third kappa shape index (κ3) is 7.40. The third-order valence-electron chi connectivity index (χ3n) is 7.72. The van der Waals surface area contributed by atoms with E-state index in [9.17, 15) is 18.0 Å². The molecule has 3 aromatic carbocycles. The van der Waals surface area contributed by atoms with E-state index in [1.165, 1.54) is 29.2 Å². The van der Waals surface area contributed by atoms with Crippen molar-refractivity contribution in [3.63, 3.8) is 0 Å². The minimum absolute atomic E-state index is 0.0225. The fourth-order valence-corrected chi connectivity index (χ4v) is 7.02. The van der Waals surface area contributed by atoms with Crippen LogP contribution in [0.2, 0.25) is 15.1 Å². The van der Waals surface area contributed by atoms with E-state index in [1.54, 1.807) is 43.3 Å². The van der Waals surface area contributed by atoms with Crippen molar-refractivity contribution in [2.75, 3.05) is 10.8 Å². The highest BCUT2D eigenvalue weighted by atomic mass is 35.5.